The Morgan fingerprint density at radius 1 is 0.906 bits per heavy atom. The van der Waals surface area contributed by atoms with Gasteiger partial charge in [0.25, 0.3) is 6.43 Å². The third-order valence-electron chi connectivity index (χ3n) is 8.82. The third-order valence-corrected chi connectivity index (χ3v) is 8.82. The Morgan fingerprint density at radius 3 is 1.94 bits per heavy atom. The van der Waals surface area contributed by atoms with Gasteiger partial charge in [0.15, 0.2) is 0 Å². The fourth-order valence-corrected chi connectivity index (χ4v) is 7.08. The molecule has 0 aromatic carbocycles. The molecule has 2 saturated carbocycles. The van der Waals surface area contributed by atoms with Gasteiger partial charge in [-0.05, 0) is 55.3 Å². The summed E-state index contributed by atoms with van der Waals surface area (Å²) in [6.45, 7) is 3.58. The van der Waals surface area contributed by atoms with Gasteiger partial charge in [-0.15, -0.1) is 0 Å². The van der Waals surface area contributed by atoms with Gasteiger partial charge in [-0.2, -0.15) is 13.2 Å². The van der Waals surface area contributed by atoms with Gasteiger partial charge in [-0.1, -0.05) is 46.0 Å². The lowest BCUT2D eigenvalue weighted by Crippen LogP contribution is -2.68. The standard InChI is InChI=1S/C24H40F5NO2/c1-13(2)14-8-10-16(11-9-14)21(32)19-18(15-6-4-3-5-7-15)17(12-31)22(24(27,28)29)30-20(19)23(25)26/h13-23,30-32H,3-12H2,1-2H3. The van der Waals surface area contributed by atoms with E-state index in [1.165, 1.54) is 0 Å². The predicted molar refractivity (Wildman–Crippen MR) is 113 cm³/mol. The fourth-order valence-electron chi connectivity index (χ4n) is 7.08. The first-order valence-corrected chi connectivity index (χ1v) is 12.5. The lowest BCUT2D eigenvalue weighted by atomic mass is 9.58. The van der Waals surface area contributed by atoms with Crippen molar-refractivity contribution in [2.45, 2.75) is 102 Å². The van der Waals surface area contributed by atoms with Gasteiger partial charge in [0, 0.05) is 18.4 Å². The van der Waals surface area contributed by atoms with Crippen molar-refractivity contribution >= 4 is 0 Å². The first-order chi connectivity index (χ1) is 15.1. The van der Waals surface area contributed by atoms with Crippen LogP contribution in [0.25, 0.3) is 0 Å². The van der Waals surface area contributed by atoms with Gasteiger partial charge in [-0.25, -0.2) is 8.78 Å². The summed E-state index contributed by atoms with van der Waals surface area (Å²) >= 11 is 0. The molecule has 8 heteroatoms. The lowest BCUT2D eigenvalue weighted by Gasteiger charge is -2.53. The largest absolute Gasteiger partial charge is 0.404 e. The molecule has 1 aliphatic heterocycles. The van der Waals surface area contributed by atoms with Crippen LogP contribution in [0, 0.1) is 41.4 Å². The van der Waals surface area contributed by atoms with E-state index in [1.807, 2.05) is 0 Å². The zero-order valence-corrected chi connectivity index (χ0v) is 19.2. The number of aliphatic hydroxyl groups excluding tert-OH is 2. The number of rotatable bonds is 6. The molecular weight excluding hydrogens is 429 g/mol. The van der Waals surface area contributed by atoms with Crippen LogP contribution in [0.2, 0.25) is 0 Å². The molecule has 188 valence electrons. The Kier molecular flexibility index (Phi) is 8.86. The predicted octanol–water partition coefficient (Wildman–Crippen LogP) is 5.40. The van der Waals surface area contributed by atoms with E-state index in [-0.39, 0.29) is 11.8 Å². The zero-order chi connectivity index (χ0) is 23.6. The van der Waals surface area contributed by atoms with Crippen molar-refractivity contribution in [2.24, 2.45) is 41.4 Å². The second kappa shape index (κ2) is 10.9. The second-order valence-electron chi connectivity index (χ2n) is 10.9. The molecule has 0 aromatic rings. The molecule has 6 atom stereocenters. The average molecular weight is 470 g/mol. The van der Waals surface area contributed by atoms with Crippen LogP contribution in [0.15, 0.2) is 0 Å². The van der Waals surface area contributed by atoms with Crippen molar-refractivity contribution in [3.8, 4) is 0 Å². The molecule has 0 bridgehead atoms. The number of aliphatic hydroxyl groups is 2. The number of hydrogen-bond donors (Lipinski definition) is 3. The zero-order valence-electron chi connectivity index (χ0n) is 19.2. The Hall–Kier alpha value is -0.470. The highest BCUT2D eigenvalue weighted by molar-refractivity contribution is 5.05. The van der Waals surface area contributed by atoms with E-state index in [9.17, 15) is 32.2 Å². The van der Waals surface area contributed by atoms with Gasteiger partial charge < -0.3 is 10.2 Å². The van der Waals surface area contributed by atoms with Crippen LogP contribution < -0.4 is 5.32 Å². The summed E-state index contributed by atoms with van der Waals surface area (Å²) in [7, 11) is 0. The van der Waals surface area contributed by atoms with E-state index in [4.69, 9.17) is 0 Å². The molecule has 6 unspecified atom stereocenters. The van der Waals surface area contributed by atoms with Gasteiger partial charge in [0.2, 0.25) is 0 Å². The summed E-state index contributed by atoms with van der Waals surface area (Å²) in [4.78, 5) is 0. The SMILES string of the molecule is CC(C)C1CCC(C(O)C2C(C(F)F)NC(C(F)(F)F)C(CO)C2C2CCCCC2)CC1. The summed E-state index contributed by atoms with van der Waals surface area (Å²) in [6.07, 6.45) is -1.59. The summed E-state index contributed by atoms with van der Waals surface area (Å²) < 4.78 is 70.0. The van der Waals surface area contributed by atoms with Crippen molar-refractivity contribution in [1.29, 1.82) is 0 Å². The molecule has 3 rings (SSSR count). The third kappa shape index (κ3) is 5.60. The van der Waals surface area contributed by atoms with Crippen LogP contribution in [0.3, 0.4) is 0 Å². The molecule has 3 aliphatic rings. The molecule has 3 nitrogen and oxygen atoms in total. The first kappa shape index (κ1) is 26.1. The van der Waals surface area contributed by atoms with E-state index < -0.39 is 55.1 Å². The Bertz CT molecular complexity index is 573. The number of alkyl halides is 5. The summed E-state index contributed by atoms with van der Waals surface area (Å²) in [5, 5.41) is 23.6. The minimum Gasteiger partial charge on any atom is -0.396 e. The molecule has 32 heavy (non-hydrogen) atoms. The highest BCUT2D eigenvalue weighted by atomic mass is 19.4. The molecule has 0 aromatic heterocycles. The molecule has 0 amide bonds. The quantitative estimate of drug-likeness (QED) is 0.457. The lowest BCUT2D eigenvalue weighted by molar-refractivity contribution is -0.213. The van der Waals surface area contributed by atoms with Gasteiger partial charge >= 0.3 is 6.18 Å². The monoisotopic (exact) mass is 469 g/mol. The van der Waals surface area contributed by atoms with Gasteiger partial charge in [0.1, 0.15) is 6.04 Å². The Labute approximate surface area is 188 Å². The average Bonchev–Trinajstić information content (AvgIpc) is 2.77. The molecule has 3 N–H and O–H groups in total. The number of piperidine rings is 1. The van der Waals surface area contributed by atoms with Crippen molar-refractivity contribution in [1.82, 2.24) is 5.32 Å². The number of nitrogens with one attached hydrogen (secondary N) is 1. The van der Waals surface area contributed by atoms with Crippen LogP contribution >= 0.6 is 0 Å². The number of halogens is 5. The summed E-state index contributed by atoms with van der Waals surface area (Å²) in [5.74, 6) is -2.31. The van der Waals surface area contributed by atoms with Crippen LogP contribution in [0.4, 0.5) is 22.0 Å². The van der Waals surface area contributed by atoms with E-state index in [2.05, 4.69) is 19.2 Å². The normalized spacial score (nSPS) is 38.9. The van der Waals surface area contributed by atoms with E-state index in [0.717, 1.165) is 32.1 Å². The summed E-state index contributed by atoms with van der Waals surface area (Å²) in [6, 6.07) is -3.91. The maximum Gasteiger partial charge on any atom is 0.404 e. The van der Waals surface area contributed by atoms with E-state index >= 15 is 0 Å². The smallest absolute Gasteiger partial charge is 0.396 e. The van der Waals surface area contributed by atoms with Crippen molar-refractivity contribution < 1.29 is 32.2 Å². The van der Waals surface area contributed by atoms with Crippen LogP contribution in [-0.2, 0) is 0 Å². The van der Waals surface area contributed by atoms with Crippen LogP contribution in [-0.4, -0.2) is 47.6 Å². The Morgan fingerprint density at radius 2 is 1.47 bits per heavy atom. The highest BCUT2D eigenvalue weighted by Crippen LogP contribution is 2.50. The maximum absolute atomic E-state index is 14.2. The molecular formula is C24H40F5NO2. The van der Waals surface area contributed by atoms with Crippen molar-refractivity contribution in [3.63, 3.8) is 0 Å². The first-order valence-electron chi connectivity index (χ1n) is 12.5. The molecule has 1 saturated heterocycles. The maximum atomic E-state index is 14.2. The van der Waals surface area contributed by atoms with Crippen LogP contribution in [0.5, 0.6) is 0 Å². The second-order valence-corrected chi connectivity index (χ2v) is 10.9. The Balaban J connectivity index is 1.93. The van der Waals surface area contributed by atoms with Crippen molar-refractivity contribution in [3.05, 3.63) is 0 Å². The molecule has 0 spiro atoms. The van der Waals surface area contributed by atoms with Gasteiger partial charge in [-0.3, -0.25) is 5.32 Å². The minimum atomic E-state index is -4.74. The fraction of sp³-hybridized carbons (Fsp3) is 1.00. The molecule has 3 fully saturated rings. The molecule has 2 aliphatic carbocycles. The molecule has 0 radical (unpaired) electrons. The number of hydrogen-bond acceptors (Lipinski definition) is 3. The highest BCUT2D eigenvalue weighted by Gasteiger charge is 2.59. The topological polar surface area (TPSA) is 52.5 Å². The minimum absolute atomic E-state index is 0.180. The van der Waals surface area contributed by atoms with E-state index in [1.54, 1.807) is 0 Å². The summed E-state index contributed by atoms with van der Waals surface area (Å²) in [5.41, 5.74) is 0. The van der Waals surface area contributed by atoms with E-state index in [0.29, 0.717) is 37.5 Å². The van der Waals surface area contributed by atoms with Crippen LogP contribution in [0.1, 0.15) is 71.6 Å². The van der Waals surface area contributed by atoms with Gasteiger partial charge in [0.05, 0.1) is 12.1 Å². The molecule has 1 heterocycles. The van der Waals surface area contributed by atoms with Crippen molar-refractivity contribution in [2.75, 3.05) is 6.61 Å².